The summed E-state index contributed by atoms with van der Waals surface area (Å²) in [4.78, 5) is 35.0. The minimum absolute atomic E-state index is 0.0385. The number of aryl methyl sites for hydroxylation is 1. The van der Waals surface area contributed by atoms with Crippen LogP contribution >= 0.6 is 22.9 Å². The Labute approximate surface area is 252 Å². The van der Waals surface area contributed by atoms with E-state index in [0.717, 1.165) is 22.6 Å². The molecule has 0 saturated carbocycles. The Kier molecular flexibility index (Phi) is 8.25. The van der Waals surface area contributed by atoms with Crippen LogP contribution < -0.4 is 19.6 Å². The first-order valence-electron chi connectivity index (χ1n) is 13.7. The molecule has 0 radical (unpaired) electrons. The second-order valence-corrected chi connectivity index (χ2v) is 11.5. The third kappa shape index (κ3) is 5.01. The fraction of sp³-hybridized carbons (Fsp3) is 0.281. The number of methoxy groups -OCH3 is 1. The summed E-state index contributed by atoms with van der Waals surface area (Å²) in [5.74, 6) is -0.0611. The van der Waals surface area contributed by atoms with Gasteiger partial charge >= 0.3 is 0 Å². The number of ether oxygens (including phenoxy) is 1. The van der Waals surface area contributed by atoms with E-state index in [1.807, 2.05) is 75.6 Å². The van der Waals surface area contributed by atoms with E-state index in [2.05, 4.69) is 0 Å². The first-order chi connectivity index (χ1) is 20.1. The van der Waals surface area contributed by atoms with Crippen LogP contribution in [0.3, 0.4) is 0 Å². The Morgan fingerprint density at radius 2 is 1.86 bits per heavy atom. The number of likely N-dealkylation sites (N-methyl/N-ethyl adjacent to an activating group) is 1. The highest BCUT2D eigenvalue weighted by Gasteiger charge is 2.35. The van der Waals surface area contributed by atoms with E-state index < -0.39 is 11.9 Å². The zero-order chi connectivity index (χ0) is 30.3. The van der Waals surface area contributed by atoms with Crippen LogP contribution in [0.25, 0.3) is 11.8 Å². The van der Waals surface area contributed by atoms with Gasteiger partial charge in [-0.3, -0.25) is 14.2 Å². The Morgan fingerprint density at radius 3 is 2.52 bits per heavy atom. The minimum Gasteiger partial charge on any atom is -0.496 e. The fourth-order valence-corrected chi connectivity index (χ4v) is 6.77. The molecule has 42 heavy (non-hydrogen) atoms. The summed E-state index contributed by atoms with van der Waals surface area (Å²) in [5, 5.41) is 0.0385. The summed E-state index contributed by atoms with van der Waals surface area (Å²) in [7, 11) is 1.58. The van der Waals surface area contributed by atoms with Gasteiger partial charge in [-0.25, -0.2) is 9.38 Å². The molecule has 218 valence electrons. The molecular formula is C32H32ClFN4O3S. The molecule has 2 aromatic heterocycles. The second-order valence-electron chi connectivity index (χ2n) is 10.1. The molecule has 1 aliphatic heterocycles. The molecule has 2 aromatic carbocycles. The van der Waals surface area contributed by atoms with Crippen molar-refractivity contribution < 1.29 is 13.9 Å². The number of hydrogen-bond donors (Lipinski definition) is 0. The van der Waals surface area contributed by atoms with E-state index in [-0.39, 0.29) is 16.5 Å². The lowest BCUT2D eigenvalue weighted by Gasteiger charge is -2.29. The largest absolute Gasteiger partial charge is 0.496 e. The lowest BCUT2D eigenvalue weighted by molar-refractivity contribution is -0.127. The van der Waals surface area contributed by atoms with E-state index in [1.54, 1.807) is 28.7 Å². The van der Waals surface area contributed by atoms with Crippen molar-refractivity contribution in [2.75, 3.05) is 20.2 Å². The molecule has 4 aromatic rings. The fourth-order valence-electron chi connectivity index (χ4n) is 5.56. The quantitative estimate of drug-likeness (QED) is 0.286. The molecule has 0 fully saturated rings. The Hall–Kier alpha value is -3.95. The molecule has 0 spiro atoms. The van der Waals surface area contributed by atoms with Crippen molar-refractivity contribution >= 4 is 34.9 Å². The van der Waals surface area contributed by atoms with Gasteiger partial charge in [0.05, 0.1) is 27.9 Å². The molecule has 5 rings (SSSR count). The van der Waals surface area contributed by atoms with Crippen molar-refractivity contribution in [3.8, 4) is 11.4 Å². The number of fused-ring (bicyclic) bond motifs is 1. The van der Waals surface area contributed by atoms with Gasteiger partial charge < -0.3 is 14.2 Å². The van der Waals surface area contributed by atoms with Gasteiger partial charge in [0, 0.05) is 35.7 Å². The molecule has 0 bridgehead atoms. The minimum atomic E-state index is -0.707. The highest BCUT2D eigenvalue weighted by molar-refractivity contribution is 7.07. The molecule has 0 N–H and O–H groups in total. The molecular weight excluding hydrogens is 575 g/mol. The van der Waals surface area contributed by atoms with Gasteiger partial charge in [0.1, 0.15) is 17.6 Å². The highest BCUT2D eigenvalue weighted by atomic mass is 35.5. The van der Waals surface area contributed by atoms with Crippen LogP contribution in [-0.2, 0) is 4.79 Å². The Morgan fingerprint density at radius 1 is 1.14 bits per heavy atom. The predicted octanol–water partition coefficient (Wildman–Crippen LogP) is 5.31. The van der Waals surface area contributed by atoms with Crippen molar-refractivity contribution in [1.29, 1.82) is 0 Å². The zero-order valence-corrected chi connectivity index (χ0v) is 25.9. The molecule has 1 amide bonds. The zero-order valence-electron chi connectivity index (χ0n) is 24.4. The van der Waals surface area contributed by atoms with Gasteiger partial charge in [0.15, 0.2) is 4.80 Å². The standard InChI is InChI=1S/C32H32ClFN4O3S/c1-7-36(8-2)31(40)28-19(4)35-32-38(29(28)23-11-9-10-12-26(23)41-6)30(39)27(42-32)16-21-15-18(3)37(20(21)5)22-13-14-25(34)24(33)17-22/h9-17,29H,7-8H2,1-6H3/b27-16+/t29-/m1/s1. The molecule has 1 atom stereocenters. The SMILES string of the molecule is CCN(CC)C(=O)C1=C(C)N=c2s/c(=C/c3cc(C)n(-c4ccc(F)c(Cl)c4)c3C)c(=O)n2[C@@H]1c1ccccc1OC. The molecule has 7 nitrogen and oxygen atoms in total. The monoisotopic (exact) mass is 606 g/mol. The van der Waals surface area contributed by atoms with Crippen LogP contribution in [-0.4, -0.2) is 40.1 Å². The first kappa shape index (κ1) is 29.5. The van der Waals surface area contributed by atoms with Crippen LogP contribution in [0.1, 0.15) is 49.3 Å². The third-order valence-electron chi connectivity index (χ3n) is 7.65. The van der Waals surface area contributed by atoms with Crippen LogP contribution in [0.2, 0.25) is 5.02 Å². The molecule has 0 unspecified atom stereocenters. The molecule has 0 aliphatic carbocycles. The van der Waals surface area contributed by atoms with Crippen LogP contribution in [0.5, 0.6) is 5.75 Å². The normalized spacial score (nSPS) is 15.0. The van der Waals surface area contributed by atoms with Crippen molar-refractivity contribution in [3.63, 3.8) is 0 Å². The summed E-state index contributed by atoms with van der Waals surface area (Å²) in [6, 6.07) is 13.3. The number of amides is 1. The van der Waals surface area contributed by atoms with E-state index in [1.165, 1.54) is 17.4 Å². The summed E-state index contributed by atoms with van der Waals surface area (Å²) < 4.78 is 23.6. The second kappa shape index (κ2) is 11.7. The van der Waals surface area contributed by atoms with Crippen LogP contribution in [0.4, 0.5) is 4.39 Å². The maximum absolute atomic E-state index is 14.2. The molecule has 3 heterocycles. The van der Waals surface area contributed by atoms with Crippen molar-refractivity contribution in [1.82, 2.24) is 14.0 Å². The van der Waals surface area contributed by atoms with Gasteiger partial charge in [-0.15, -0.1) is 0 Å². The number of carbonyl (C=O) groups excluding carboxylic acids is 1. The lowest BCUT2D eigenvalue weighted by Crippen LogP contribution is -2.43. The Bertz CT molecular complexity index is 1920. The number of benzene rings is 2. The number of para-hydroxylation sites is 1. The number of aromatic nitrogens is 2. The number of carbonyl (C=O) groups is 1. The summed E-state index contributed by atoms with van der Waals surface area (Å²) in [6.07, 6.45) is 1.85. The van der Waals surface area contributed by atoms with Gasteiger partial charge in [0.25, 0.3) is 11.5 Å². The highest BCUT2D eigenvalue weighted by Crippen LogP contribution is 2.36. The van der Waals surface area contributed by atoms with Crippen molar-refractivity contribution in [2.24, 2.45) is 4.99 Å². The number of hydrogen-bond acceptors (Lipinski definition) is 5. The Balaban J connectivity index is 1.72. The number of rotatable bonds is 7. The van der Waals surface area contributed by atoms with E-state index in [0.29, 0.717) is 45.0 Å². The average molecular weight is 607 g/mol. The van der Waals surface area contributed by atoms with Crippen LogP contribution in [0, 0.1) is 19.7 Å². The lowest BCUT2D eigenvalue weighted by atomic mass is 9.94. The molecule has 0 saturated heterocycles. The van der Waals surface area contributed by atoms with Gasteiger partial charge in [0.2, 0.25) is 0 Å². The van der Waals surface area contributed by atoms with Crippen LogP contribution in [0.15, 0.2) is 69.6 Å². The topological polar surface area (TPSA) is 68.8 Å². The molecule has 10 heteroatoms. The maximum Gasteiger partial charge on any atom is 0.271 e. The maximum atomic E-state index is 14.2. The smallest absolute Gasteiger partial charge is 0.271 e. The summed E-state index contributed by atoms with van der Waals surface area (Å²) in [6.45, 7) is 10.6. The molecule has 1 aliphatic rings. The number of halogens is 2. The number of allylic oxidation sites excluding steroid dienone is 1. The number of thiazole rings is 1. The van der Waals surface area contributed by atoms with Gasteiger partial charge in [-0.1, -0.05) is 41.1 Å². The van der Waals surface area contributed by atoms with E-state index in [4.69, 9.17) is 21.3 Å². The van der Waals surface area contributed by atoms with E-state index >= 15 is 0 Å². The van der Waals surface area contributed by atoms with Gasteiger partial charge in [-0.2, -0.15) is 0 Å². The average Bonchev–Trinajstić information content (AvgIpc) is 3.43. The van der Waals surface area contributed by atoms with Crippen molar-refractivity contribution in [3.05, 3.63) is 113 Å². The van der Waals surface area contributed by atoms with Gasteiger partial charge in [-0.05, 0) is 76.6 Å². The van der Waals surface area contributed by atoms with E-state index in [9.17, 15) is 14.0 Å². The predicted molar refractivity (Wildman–Crippen MR) is 165 cm³/mol. The number of nitrogens with zero attached hydrogens (tertiary/aromatic N) is 4. The first-order valence-corrected chi connectivity index (χ1v) is 14.9. The van der Waals surface area contributed by atoms with Crippen molar-refractivity contribution in [2.45, 2.75) is 40.7 Å². The summed E-state index contributed by atoms with van der Waals surface area (Å²) >= 11 is 7.34. The summed E-state index contributed by atoms with van der Waals surface area (Å²) in [5.41, 5.74) is 4.83. The third-order valence-corrected chi connectivity index (χ3v) is 8.93.